The molecule has 0 aromatic rings. The molecule has 2 rings (SSSR count). The van der Waals surface area contributed by atoms with Gasteiger partial charge in [-0.15, -0.1) is 0 Å². The maximum absolute atomic E-state index is 10.2. The second kappa shape index (κ2) is 8.09. The van der Waals surface area contributed by atoms with Crippen LogP contribution in [-0.2, 0) is 4.74 Å². The van der Waals surface area contributed by atoms with Crippen LogP contribution in [0.4, 0.5) is 0 Å². The molecule has 0 radical (unpaired) electrons. The van der Waals surface area contributed by atoms with Gasteiger partial charge in [-0.3, -0.25) is 4.90 Å². The zero-order valence-corrected chi connectivity index (χ0v) is 14.9. The Hall–Kier alpha value is -0.160. The topological polar surface area (TPSA) is 44.7 Å². The minimum Gasteiger partial charge on any atom is -0.391 e. The summed E-state index contributed by atoms with van der Waals surface area (Å²) in [7, 11) is 0. The second-order valence-electron chi connectivity index (χ2n) is 8.46. The van der Waals surface area contributed by atoms with Gasteiger partial charge < -0.3 is 15.2 Å². The summed E-state index contributed by atoms with van der Waals surface area (Å²) < 4.78 is 5.48. The van der Waals surface area contributed by atoms with Gasteiger partial charge >= 0.3 is 0 Å². The van der Waals surface area contributed by atoms with Crippen molar-refractivity contribution in [3.8, 4) is 0 Å². The van der Waals surface area contributed by atoms with Gasteiger partial charge in [0.15, 0.2) is 0 Å². The lowest BCUT2D eigenvalue weighted by Crippen LogP contribution is -2.50. The largest absolute Gasteiger partial charge is 0.391 e. The first-order valence-electron chi connectivity index (χ1n) is 9.10. The first-order valence-corrected chi connectivity index (χ1v) is 9.10. The first kappa shape index (κ1) is 18.2. The van der Waals surface area contributed by atoms with Gasteiger partial charge in [0.25, 0.3) is 0 Å². The summed E-state index contributed by atoms with van der Waals surface area (Å²) >= 11 is 0. The predicted molar refractivity (Wildman–Crippen MR) is 91.1 cm³/mol. The van der Waals surface area contributed by atoms with E-state index in [-0.39, 0.29) is 11.5 Å². The lowest BCUT2D eigenvalue weighted by atomic mass is 9.73. The maximum Gasteiger partial charge on any atom is 0.0712 e. The van der Waals surface area contributed by atoms with Crippen LogP contribution < -0.4 is 5.32 Å². The van der Waals surface area contributed by atoms with Gasteiger partial charge in [-0.25, -0.2) is 0 Å². The molecule has 2 aliphatic rings. The molecule has 0 aromatic carbocycles. The van der Waals surface area contributed by atoms with Crippen LogP contribution in [0.3, 0.4) is 0 Å². The molecular formula is C18H36N2O2. The van der Waals surface area contributed by atoms with E-state index in [1.807, 2.05) is 0 Å². The third-order valence-electron chi connectivity index (χ3n) is 5.41. The maximum atomic E-state index is 10.2. The summed E-state index contributed by atoms with van der Waals surface area (Å²) in [5.41, 5.74) is 0.351. The van der Waals surface area contributed by atoms with E-state index in [0.717, 1.165) is 32.8 Å². The summed E-state index contributed by atoms with van der Waals surface area (Å²) in [5.74, 6) is 0. The van der Waals surface area contributed by atoms with E-state index >= 15 is 0 Å². The number of rotatable bonds is 6. The fourth-order valence-corrected chi connectivity index (χ4v) is 3.71. The molecule has 0 spiro atoms. The molecule has 2 N–H and O–H groups in total. The van der Waals surface area contributed by atoms with Crippen LogP contribution in [0.1, 0.15) is 52.9 Å². The fraction of sp³-hybridized carbons (Fsp3) is 1.00. The van der Waals surface area contributed by atoms with Crippen molar-refractivity contribution in [2.75, 3.05) is 45.9 Å². The molecule has 4 nitrogen and oxygen atoms in total. The number of ether oxygens (including phenoxy) is 1. The number of nitrogens with one attached hydrogen (secondary N) is 1. The van der Waals surface area contributed by atoms with E-state index in [4.69, 9.17) is 4.74 Å². The minimum absolute atomic E-state index is 0.0447. The summed E-state index contributed by atoms with van der Waals surface area (Å²) in [5, 5.41) is 13.8. The summed E-state index contributed by atoms with van der Waals surface area (Å²) in [6, 6.07) is 0. The van der Waals surface area contributed by atoms with Crippen LogP contribution in [0.25, 0.3) is 0 Å². The van der Waals surface area contributed by atoms with Crippen LogP contribution in [0.5, 0.6) is 0 Å². The Morgan fingerprint density at radius 3 is 2.36 bits per heavy atom. The Labute approximate surface area is 136 Å². The molecule has 4 heteroatoms. The van der Waals surface area contributed by atoms with Crippen molar-refractivity contribution < 1.29 is 9.84 Å². The molecular weight excluding hydrogens is 276 g/mol. The summed E-state index contributed by atoms with van der Waals surface area (Å²) in [6.07, 6.45) is 6.46. The molecule has 0 aromatic heterocycles. The van der Waals surface area contributed by atoms with E-state index in [1.54, 1.807) is 0 Å². The van der Waals surface area contributed by atoms with Crippen molar-refractivity contribution in [1.82, 2.24) is 10.2 Å². The monoisotopic (exact) mass is 312 g/mol. The van der Waals surface area contributed by atoms with Crippen LogP contribution in [-0.4, -0.2) is 62.0 Å². The van der Waals surface area contributed by atoms with Gasteiger partial charge in [-0.2, -0.15) is 0 Å². The molecule has 1 heterocycles. The Kier molecular flexibility index (Phi) is 6.69. The van der Waals surface area contributed by atoms with Crippen LogP contribution >= 0.6 is 0 Å². The third-order valence-corrected chi connectivity index (χ3v) is 5.41. The van der Waals surface area contributed by atoms with Crippen LogP contribution in [0.2, 0.25) is 0 Å². The highest BCUT2D eigenvalue weighted by atomic mass is 16.5. The van der Waals surface area contributed by atoms with Gasteiger partial charge in [0.05, 0.1) is 19.3 Å². The molecule has 0 bridgehead atoms. The van der Waals surface area contributed by atoms with Crippen molar-refractivity contribution in [3.05, 3.63) is 0 Å². The molecule has 22 heavy (non-hydrogen) atoms. The van der Waals surface area contributed by atoms with Crippen molar-refractivity contribution in [2.24, 2.45) is 10.8 Å². The van der Waals surface area contributed by atoms with Gasteiger partial charge in [-0.1, -0.05) is 40.0 Å². The lowest BCUT2D eigenvalue weighted by Gasteiger charge is -2.43. The SMILES string of the molecule is CC(C)(C)C(O)CNCC1(CN2CCOCC2)CCCCC1. The smallest absolute Gasteiger partial charge is 0.0712 e. The molecule has 1 saturated heterocycles. The van der Waals surface area contributed by atoms with Crippen LogP contribution in [0, 0.1) is 10.8 Å². The zero-order valence-electron chi connectivity index (χ0n) is 14.9. The Balaban J connectivity index is 1.85. The van der Waals surface area contributed by atoms with Gasteiger partial charge in [-0.05, 0) is 23.7 Å². The third kappa shape index (κ3) is 5.48. The second-order valence-corrected chi connectivity index (χ2v) is 8.46. The Morgan fingerprint density at radius 1 is 1.14 bits per heavy atom. The summed E-state index contributed by atoms with van der Waals surface area (Å²) in [4.78, 5) is 2.58. The van der Waals surface area contributed by atoms with E-state index in [1.165, 1.54) is 38.6 Å². The molecule has 1 aliphatic heterocycles. The van der Waals surface area contributed by atoms with Gasteiger partial charge in [0, 0.05) is 32.7 Å². The van der Waals surface area contributed by atoms with E-state index in [0.29, 0.717) is 12.0 Å². The van der Waals surface area contributed by atoms with E-state index < -0.39 is 0 Å². The molecule has 1 unspecified atom stereocenters. The fourth-order valence-electron chi connectivity index (χ4n) is 3.71. The predicted octanol–water partition coefficient (Wildman–Crippen LogP) is 2.27. The zero-order chi connectivity index (χ0) is 16.1. The molecule has 1 aliphatic carbocycles. The van der Waals surface area contributed by atoms with Crippen molar-refractivity contribution in [1.29, 1.82) is 0 Å². The Bertz CT molecular complexity index is 316. The van der Waals surface area contributed by atoms with Crippen LogP contribution in [0.15, 0.2) is 0 Å². The highest BCUT2D eigenvalue weighted by Crippen LogP contribution is 2.36. The molecule has 0 amide bonds. The average Bonchev–Trinajstić information content (AvgIpc) is 2.48. The molecule has 130 valence electrons. The van der Waals surface area contributed by atoms with Crippen molar-refractivity contribution >= 4 is 0 Å². The number of morpholine rings is 1. The van der Waals surface area contributed by atoms with Gasteiger partial charge in [0.2, 0.25) is 0 Å². The lowest BCUT2D eigenvalue weighted by molar-refractivity contribution is 0.00486. The Morgan fingerprint density at radius 2 is 1.77 bits per heavy atom. The molecule has 1 saturated carbocycles. The number of hydrogen-bond donors (Lipinski definition) is 2. The number of nitrogens with zero attached hydrogens (tertiary/aromatic N) is 1. The van der Waals surface area contributed by atoms with Gasteiger partial charge in [0.1, 0.15) is 0 Å². The average molecular weight is 312 g/mol. The normalized spacial score (nSPS) is 25.1. The number of aliphatic hydroxyl groups excluding tert-OH is 1. The van der Waals surface area contributed by atoms with E-state index in [9.17, 15) is 5.11 Å². The van der Waals surface area contributed by atoms with E-state index in [2.05, 4.69) is 31.0 Å². The van der Waals surface area contributed by atoms with Crippen molar-refractivity contribution in [3.63, 3.8) is 0 Å². The standard InChI is InChI=1S/C18H36N2O2/c1-17(2,3)16(21)13-19-14-18(7-5-4-6-8-18)15-20-9-11-22-12-10-20/h16,19,21H,4-15H2,1-3H3. The highest BCUT2D eigenvalue weighted by molar-refractivity contribution is 4.89. The van der Waals surface area contributed by atoms with Crippen molar-refractivity contribution in [2.45, 2.75) is 59.0 Å². The molecule has 1 atom stereocenters. The minimum atomic E-state index is -0.281. The first-order chi connectivity index (χ1) is 10.4. The number of hydrogen-bond acceptors (Lipinski definition) is 4. The quantitative estimate of drug-likeness (QED) is 0.790. The molecule has 2 fully saturated rings. The number of aliphatic hydroxyl groups is 1. The summed E-state index contributed by atoms with van der Waals surface area (Å²) in [6.45, 7) is 13.1. The highest BCUT2D eigenvalue weighted by Gasteiger charge is 2.34.